The first kappa shape index (κ1) is 66.1. The van der Waals surface area contributed by atoms with Gasteiger partial charge in [0.25, 0.3) is 0 Å². The van der Waals surface area contributed by atoms with E-state index in [9.17, 15) is 24.0 Å². The van der Waals surface area contributed by atoms with E-state index >= 15 is 0 Å². The van der Waals surface area contributed by atoms with Crippen molar-refractivity contribution in [2.75, 3.05) is 82.4 Å². The largest absolute Gasteiger partial charge is 0.501 e. The number of benzene rings is 5. The minimum absolute atomic E-state index is 0.229. The first-order valence-corrected chi connectivity index (χ1v) is 30.4. The van der Waals surface area contributed by atoms with Crippen LogP contribution in [0.15, 0.2) is 168 Å². The first-order valence-electron chi connectivity index (χ1n) is 30.4. The van der Waals surface area contributed by atoms with Crippen LogP contribution in [0.1, 0.15) is 84.3 Å². The molecule has 25 nitrogen and oxygen atoms in total. The zero-order valence-electron chi connectivity index (χ0n) is 52.9. The Morgan fingerprint density at radius 2 is 0.594 bits per heavy atom. The number of allylic oxidation sites excluding steroid dienone is 2. The lowest BCUT2D eigenvalue weighted by molar-refractivity contribution is -0.146. The van der Waals surface area contributed by atoms with Gasteiger partial charge >= 0.3 is 29.8 Å². The van der Waals surface area contributed by atoms with Crippen LogP contribution in [0, 0.1) is 0 Å². The molecule has 0 spiro atoms. The second-order valence-corrected chi connectivity index (χ2v) is 21.7. The Hall–Kier alpha value is -11.4. The van der Waals surface area contributed by atoms with Crippen LogP contribution < -0.4 is 47.4 Å². The molecule has 0 bridgehead atoms. The van der Waals surface area contributed by atoms with Gasteiger partial charge in [0.1, 0.15) is 85.7 Å². The maximum absolute atomic E-state index is 11.5. The Bertz CT molecular complexity index is 3740. The Kier molecular flexibility index (Phi) is 21.7. The number of methoxy groups -OCH3 is 5. The summed E-state index contributed by atoms with van der Waals surface area (Å²) < 4.78 is 106. The minimum atomic E-state index is -0.388. The Balaban J connectivity index is 0.000000122. The van der Waals surface area contributed by atoms with Gasteiger partial charge in [-0.1, -0.05) is 48.6 Å². The summed E-state index contributed by atoms with van der Waals surface area (Å²) in [6.45, 7) is 2.90. The molecule has 10 aliphatic rings. The van der Waals surface area contributed by atoms with Crippen molar-refractivity contribution in [1.29, 1.82) is 0 Å². The van der Waals surface area contributed by atoms with Gasteiger partial charge < -0.3 is 94.7 Å². The smallest absolute Gasteiger partial charge is 0.334 e. The van der Waals surface area contributed by atoms with Crippen LogP contribution in [0.3, 0.4) is 0 Å². The van der Waals surface area contributed by atoms with E-state index in [1.807, 2.05) is 115 Å². The second-order valence-electron chi connectivity index (χ2n) is 21.7. The van der Waals surface area contributed by atoms with Crippen molar-refractivity contribution in [3.8, 4) is 57.5 Å². The number of fused-ring (bicyclic) bond motifs is 5. The van der Waals surface area contributed by atoms with E-state index < -0.39 is 0 Å². The van der Waals surface area contributed by atoms with E-state index in [-0.39, 0.29) is 80.7 Å². The van der Waals surface area contributed by atoms with Crippen LogP contribution in [0.2, 0.25) is 0 Å². The van der Waals surface area contributed by atoms with Crippen molar-refractivity contribution in [2.45, 2.75) is 62.6 Å². The van der Waals surface area contributed by atoms with Crippen molar-refractivity contribution in [3.05, 3.63) is 196 Å². The maximum atomic E-state index is 11.5. The summed E-state index contributed by atoms with van der Waals surface area (Å²) in [5.41, 5.74) is 4.50. The molecule has 5 unspecified atom stereocenters. The monoisotopic (exact) mass is 1320 g/mol. The van der Waals surface area contributed by atoms with Gasteiger partial charge in [-0.2, -0.15) is 0 Å². The molecule has 0 aliphatic carbocycles. The molecule has 0 radical (unpaired) electrons. The zero-order chi connectivity index (χ0) is 66.9. The summed E-state index contributed by atoms with van der Waals surface area (Å²) in [5.74, 6) is 8.30. The van der Waals surface area contributed by atoms with E-state index in [0.29, 0.717) is 122 Å². The molecule has 0 amide bonds. The number of cyclic esters (lactones) is 5. The number of hydrogen-bond acceptors (Lipinski definition) is 25. The van der Waals surface area contributed by atoms with Crippen LogP contribution in [0.5, 0.6) is 57.5 Å². The summed E-state index contributed by atoms with van der Waals surface area (Å²) in [7, 11) is 7.73. The van der Waals surface area contributed by atoms with E-state index in [4.69, 9.17) is 94.7 Å². The van der Waals surface area contributed by atoms with E-state index in [1.54, 1.807) is 35.5 Å². The fourth-order valence-electron chi connectivity index (χ4n) is 10.7. The van der Waals surface area contributed by atoms with Crippen LogP contribution >= 0.6 is 0 Å². The summed E-state index contributed by atoms with van der Waals surface area (Å²) >= 11 is 0. The molecule has 10 heterocycles. The van der Waals surface area contributed by atoms with E-state index in [1.165, 1.54) is 30.4 Å². The number of rotatable bonds is 12. The topological polar surface area (TPSA) is 270 Å². The SMILES string of the molecule is COC1=CC(=O)OC(/C=C/C=C/c2ccc3c(c2)OCO3)C1.COC1=CC(=O)OC(c2ccc3c(c2)OCCO3)C1.COC1=CC(=O)OC(c2ccc3c(c2)OCCO3)C1.COC1=CC(=O)OC(c2ccc3c(c2)OCO3)C1.COC1=CC(=O)OC(c2ccc3c(c2)OCO3)C1. The van der Waals surface area contributed by atoms with Crippen LogP contribution in [-0.2, 0) is 71.3 Å². The molecule has 5 atom stereocenters. The van der Waals surface area contributed by atoms with E-state index in [2.05, 4.69) is 0 Å². The van der Waals surface area contributed by atoms with Gasteiger partial charge in [0.2, 0.25) is 20.4 Å². The van der Waals surface area contributed by atoms with Crippen LogP contribution in [0.4, 0.5) is 0 Å². The Morgan fingerprint density at radius 1 is 0.312 bits per heavy atom. The van der Waals surface area contributed by atoms with Crippen molar-refractivity contribution in [1.82, 2.24) is 0 Å². The second kappa shape index (κ2) is 31.5. The number of ether oxygens (including phenoxy) is 20. The molecule has 0 N–H and O–H groups in total. The third-order valence-electron chi connectivity index (χ3n) is 15.5. The summed E-state index contributed by atoms with van der Waals surface area (Å²) in [6.07, 6.45) is 15.3. The lowest BCUT2D eigenvalue weighted by atomic mass is 10.0. The summed E-state index contributed by atoms with van der Waals surface area (Å²) in [4.78, 5) is 57.1. The fourth-order valence-corrected chi connectivity index (χ4v) is 10.7. The van der Waals surface area contributed by atoms with Gasteiger partial charge in [-0.3, -0.25) is 0 Å². The number of carbonyl (C=O) groups is 5. The number of esters is 5. The lowest BCUT2D eigenvalue weighted by Gasteiger charge is -2.24. The summed E-state index contributed by atoms with van der Waals surface area (Å²) in [5, 5.41) is 0. The van der Waals surface area contributed by atoms with Gasteiger partial charge in [-0.05, 0) is 94.6 Å². The standard InChI is InChI=1S/C17H16O5.2C14H14O5.2C13H12O5/c1-19-14-9-13(22-17(18)10-14)5-3-2-4-12-6-7-15-16(8-12)21-11-20-15;2*1-16-10-7-12(19-14(15)8-10)9-2-3-11-13(6-9)18-5-4-17-11;2*1-15-9-5-11(18-13(14)6-9)8-2-3-10-12(4-8)17-7-16-10/h2-8,10,13H,9,11H2,1H3;2*2-3,6,8,12H,4-5,7H2,1H3;2*2-4,6,11H,5,7H2,1H3/b4-2+,5-3+;;;;. The van der Waals surface area contributed by atoms with Gasteiger partial charge in [0, 0.05) is 32.1 Å². The zero-order valence-corrected chi connectivity index (χ0v) is 52.9. The average Bonchev–Trinajstić information content (AvgIpc) is 1.43. The van der Waals surface area contributed by atoms with Gasteiger partial charge in [-0.25, -0.2) is 24.0 Å². The Labute approximate surface area is 551 Å². The van der Waals surface area contributed by atoms with Crippen molar-refractivity contribution in [2.24, 2.45) is 0 Å². The predicted molar refractivity (Wildman–Crippen MR) is 334 cm³/mol. The normalized spacial score (nSPS) is 21.1. The summed E-state index contributed by atoms with van der Waals surface area (Å²) in [6, 6.07) is 27.9. The molecule has 0 saturated heterocycles. The lowest BCUT2D eigenvalue weighted by Crippen LogP contribution is -2.21. The van der Waals surface area contributed by atoms with Crippen molar-refractivity contribution in [3.63, 3.8) is 0 Å². The molecule has 0 fully saturated rings. The molecule has 5 aromatic carbocycles. The molecular formula is C71H68O25. The van der Waals surface area contributed by atoms with E-state index in [0.717, 1.165) is 50.8 Å². The maximum Gasteiger partial charge on any atom is 0.334 e. The highest BCUT2D eigenvalue weighted by Crippen LogP contribution is 2.42. The van der Waals surface area contributed by atoms with Gasteiger partial charge in [0.05, 0.1) is 65.9 Å². The Morgan fingerprint density at radius 3 is 0.948 bits per heavy atom. The number of hydrogen-bond donors (Lipinski definition) is 0. The molecule has 96 heavy (non-hydrogen) atoms. The van der Waals surface area contributed by atoms with Gasteiger partial charge in [0.15, 0.2) is 57.5 Å². The molecular weight excluding hydrogens is 1250 g/mol. The number of carbonyl (C=O) groups excluding carboxylic acids is 5. The molecule has 25 heteroatoms. The first-order chi connectivity index (χ1) is 46.8. The highest BCUT2D eigenvalue weighted by atomic mass is 16.7. The molecule has 5 aromatic rings. The van der Waals surface area contributed by atoms with Crippen LogP contribution in [-0.4, -0.2) is 118 Å². The van der Waals surface area contributed by atoms with Crippen LogP contribution in [0.25, 0.3) is 6.08 Å². The molecule has 502 valence electrons. The van der Waals surface area contributed by atoms with Crippen molar-refractivity contribution >= 4 is 35.9 Å². The third kappa shape index (κ3) is 17.3. The average molecular weight is 1320 g/mol. The minimum Gasteiger partial charge on any atom is -0.501 e. The molecule has 0 aromatic heterocycles. The quantitative estimate of drug-likeness (QED) is 0.0638. The van der Waals surface area contributed by atoms with Crippen molar-refractivity contribution < 1.29 is 119 Å². The third-order valence-corrected chi connectivity index (χ3v) is 15.5. The predicted octanol–water partition coefficient (Wildman–Crippen LogP) is 10.6. The highest BCUT2D eigenvalue weighted by molar-refractivity contribution is 5.85. The fraction of sp³-hybridized carbons (Fsp3) is 0.310. The molecule has 0 saturated carbocycles. The molecule has 10 aliphatic heterocycles. The molecule has 15 rings (SSSR count). The highest BCUT2D eigenvalue weighted by Gasteiger charge is 2.31. The van der Waals surface area contributed by atoms with Gasteiger partial charge in [-0.15, -0.1) is 0 Å².